The number of aromatic nitrogens is 3. The van der Waals surface area contributed by atoms with Gasteiger partial charge in [-0.2, -0.15) is 5.26 Å². The van der Waals surface area contributed by atoms with Crippen LogP contribution < -0.4 is 4.74 Å². The SMILES string of the molecule is COc1cccc(-c2cnc(-c3ccncc3)nc2C2CCN(CC(C)(C)C#N)CC2)c1. The molecule has 1 saturated heterocycles. The summed E-state index contributed by atoms with van der Waals surface area (Å²) in [4.78, 5) is 16.3. The molecule has 164 valence electrons. The third-order valence-corrected chi connectivity index (χ3v) is 6.03. The van der Waals surface area contributed by atoms with Gasteiger partial charge in [0.05, 0.1) is 24.3 Å². The second-order valence-corrected chi connectivity index (χ2v) is 9.01. The van der Waals surface area contributed by atoms with Crippen molar-refractivity contribution in [2.75, 3.05) is 26.7 Å². The summed E-state index contributed by atoms with van der Waals surface area (Å²) in [6.07, 6.45) is 7.49. The van der Waals surface area contributed by atoms with Gasteiger partial charge in [0.2, 0.25) is 0 Å². The minimum absolute atomic E-state index is 0.331. The Bertz CT molecular complexity index is 1100. The zero-order valence-corrected chi connectivity index (χ0v) is 19.0. The Hall–Kier alpha value is -3.30. The van der Waals surface area contributed by atoms with Crippen LogP contribution in [-0.4, -0.2) is 46.6 Å². The first kappa shape index (κ1) is 21.9. The van der Waals surface area contributed by atoms with Crippen LogP contribution >= 0.6 is 0 Å². The van der Waals surface area contributed by atoms with E-state index in [1.54, 1.807) is 19.5 Å². The molecule has 6 nitrogen and oxygen atoms in total. The first-order valence-electron chi connectivity index (χ1n) is 11.0. The topological polar surface area (TPSA) is 74.9 Å². The molecule has 4 rings (SSSR count). The molecule has 1 aromatic carbocycles. The molecule has 0 saturated carbocycles. The zero-order valence-electron chi connectivity index (χ0n) is 19.0. The molecule has 0 N–H and O–H groups in total. The van der Waals surface area contributed by atoms with E-state index in [4.69, 9.17) is 9.72 Å². The van der Waals surface area contributed by atoms with E-state index in [9.17, 15) is 5.26 Å². The van der Waals surface area contributed by atoms with Crippen molar-refractivity contribution in [3.63, 3.8) is 0 Å². The Labute approximate surface area is 189 Å². The largest absolute Gasteiger partial charge is 0.497 e. The molecule has 0 spiro atoms. The predicted molar refractivity (Wildman–Crippen MR) is 125 cm³/mol. The van der Waals surface area contributed by atoms with Crippen LogP contribution in [0.15, 0.2) is 55.0 Å². The molecule has 2 aromatic heterocycles. The summed E-state index contributed by atoms with van der Waals surface area (Å²) in [5.41, 5.74) is 3.83. The maximum absolute atomic E-state index is 9.39. The van der Waals surface area contributed by atoms with Crippen LogP contribution in [0.4, 0.5) is 0 Å². The molecule has 3 aromatic rings. The molecule has 0 atom stereocenters. The molecular weight excluding hydrogens is 398 g/mol. The normalized spacial score (nSPS) is 15.3. The molecule has 0 bridgehead atoms. The fraction of sp³-hybridized carbons (Fsp3) is 0.385. The van der Waals surface area contributed by atoms with E-state index in [2.05, 4.69) is 27.0 Å². The van der Waals surface area contributed by atoms with Crippen molar-refractivity contribution in [2.24, 2.45) is 5.41 Å². The summed E-state index contributed by atoms with van der Waals surface area (Å²) in [5.74, 6) is 1.88. The van der Waals surface area contributed by atoms with Crippen LogP contribution in [0.3, 0.4) is 0 Å². The van der Waals surface area contributed by atoms with Crippen LogP contribution in [0.5, 0.6) is 5.75 Å². The molecule has 1 fully saturated rings. The molecule has 0 aliphatic carbocycles. The molecule has 6 heteroatoms. The molecule has 0 radical (unpaired) electrons. The van der Waals surface area contributed by atoms with Crippen molar-refractivity contribution in [1.29, 1.82) is 5.26 Å². The van der Waals surface area contributed by atoms with Gasteiger partial charge < -0.3 is 9.64 Å². The quantitative estimate of drug-likeness (QED) is 0.554. The van der Waals surface area contributed by atoms with Crippen molar-refractivity contribution >= 4 is 0 Å². The highest BCUT2D eigenvalue weighted by atomic mass is 16.5. The summed E-state index contributed by atoms with van der Waals surface area (Å²) in [6.45, 7) is 6.73. The van der Waals surface area contributed by atoms with Crippen LogP contribution in [-0.2, 0) is 0 Å². The fourth-order valence-corrected chi connectivity index (χ4v) is 4.32. The third kappa shape index (κ3) is 4.95. The second-order valence-electron chi connectivity index (χ2n) is 9.01. The summed E-state index contributed by atoms with van der Waals surface area (Å²) in [6, 6.07) is 14.4. The Morgan fingerprint density at radius 3 is 2.56 bits per heavy atom. The minimum atomic E-state index is -0.331. The van der Waals surface area contributed by atoms with Crippen LogP contribution in [0.25, 0.3) is 22.5 Å². The number of nitriles is 1. The van der Waals surface area contributed by atoms with Gasteiger partial charge in [0, 0.05) is 42.2 Å². The predicted octanol–water partition coefficient (Wildman–Crippen LogP) is 4.94. The first-order valence-corrected chi connectivity index (χ1v) is 11.0. The van der Waals surface area contributed by atoms with E-state index >= 15 is 0 Å². The maximum Gasteiger partial charge on any atom is 0.159 e. The number of methoxy groups -OCH3 is 1. The molecule has 1 aliphatic heterocycles. The number of hydrogen-bond donors (Lipinski definition) is 0. The van der Waals surface area contributed by atoms with Crippen LogP contribution in [0.2, 0.25) is 0 Å². The minimum Gasteiger partial charge on any atom is -0.497 e. The zero-order chi connectivity index (χ0) is 22.6. The highest BCUT2D eigenvalue weighted by molar-refractivity contribution is 5.69. The fourth-order valence-electron chi connectivity index (χ4n) is 4.32. The smallest absolute Gasteiger partial charge is 0.159 e. The average Bonchev–Trinajstić information content (AvgIpc) is 2.84. The van der Waals surface area contributed by atoms with Crippen molar-refractivity contribution in [3.8, 4) is 34.3 Å². The number of likely N-dealkylation sites (tertiary alicyclic amines) is 1. The van der Waals surface area contributed by atoms with Gasteiger partial charge in [-0.25, -0.2) is 9.97 Å². The average molecular weight is 428 g/mol. The lowest BCUT2D eigenvalue weighted by atomic mass is 9.87. The number of ether oxygens (including phenoxy) is 1. The summed E-state index contributed by atoms with van der Waals surface area (Å²) < 4.78 is 5.45. The summed E-state index contributed by atoms with van der Waals surface area (Å²) in [5, 5.41) is 9.39. The van der Waals surface area contributed by atoms with Gasteiger partial charge in [-0.05, 0) is 69.6 Å². The summed E-state index contributed by atoms with van der Waals surface area (Å²) in [7, 11) is 1.68. The maximum atomic E-state index is 9.39. The van der Waals surface area contributed by atoms with Crippen LogP contribution in [0.1, 0.15) is 38.3 Å². The molecule has 32 heavy (non-hydrogen) atoms. The highest BCUT2D eigenvalue weighted by Crippen LogP contribution is 2.36. The number of rotatable bonds is 6. The van der Waals surface area contributed by atoms with Gasteiger partial charge in [0.1, 0.15) is 5.75 Å². The summed E-state index contributed by atoms with van der Waals surface area (Å²) >= 11 is 0. The van der Waals surface area contributed by atoms with E-state index in [0.717, 1.165) is 66.4 Å². The molecule has 0 amide bonds. The van der Waals surface area contributed by atoms with Crippen molar-refractivity contribution in [1.82, 2.24) is 19.9 Å². The van der Waals surface area contributed by atoms with Gasteiger partial charge in [0.15, 0.2) is 5.82 Å². The number of benzene rings is 1. The molecule has 3 heterocycles. The Morgan fingerprint density at radius 2 is 1.88 bits per heavy atom. The van der Waals surface area contributed by atoms with Gasteiger partial charge >= 0.3 is 0 Å². The van der Waals surface area contributed by atoms with E-state index < -0.39 is 0 Å². The third-order valence-electron chi connectivity index (χ3n) is 6.03. The lowest BCUT2D eigenvalue weighted by molar-refractivity contribution is 0.169. The van der Waals surface area contributed by atoms with Gasteiger partial charge in [-0.1, -0.05) is 12.1 Å². The standard InChI is InChI=1S/C26H29N5O/c1-26(2,17-27)18-31-13-9-19(10-14-31)24-23(21-5-4-6-22(15-21)32-3)16-29-25(30-24)20-7-11-28-12-8-20/h4-8,11-12,15-16,19H,9-10,13-14,18H2,1-3H3. The van der Waals surface area contributed by atoms with Gasteiger partial charge in [0.25, 0.3) is 0 Å². The number of pyridine rings is 1. The Kier molecular flexibility index (Phi) is 6.48. The Balaban J connectivity index is 1.66. The second kappa shape index (κ2) is 9.46. The van der Waals surface area contributed by atoms with E-state index in [0.29, 0.717) is 5.92 Å². The first-order chi connectivity index (χ1) is 15.5. The highest BCUT2D eigenvalue weighted by Gasteiger charge is 2.28. The molecule has 1 aliphatic rings. The van der Waals surface area contributed by atoms with Crippen molar-refractivity contribution in [3.05, 3.63) is 60.7 Å². The van der Waals surface area contributed by atoms with Crippen molar-refractivity contribution in [2.45, 2.75) is 32.6 Å². The number of nitrogens with zero attached hydrogens (tertiary/aromatic N) is 5. The van der Waals surface area contributed by atoms with Gasteiger partial charge in [-0.3, -0.25) is 4.98 Å². The van der Waals surface area contributed by atoms with Gasteiger partial charge in [-0.15, -0.1) is 0 Å². The van der Waals surface area contributed by atoms with E-state index in [-0.39, 0.29) is 5.41 Å². The lowest BCUT2D eigenvalue weighted by Gasteiger charge is -2.35. The van der Waals surface area contributed by atoms with Crippen LogP contribution in [0, 0.1) is 16.7 Å². The van der Waals surface area contributed by atoms with E-state index in [1.165, 1.54) is 0 Å². The monoisotopic (exact) mass is 427 g/mol. The molecule has 0 unspecified atom stereocenters. The van der Waals surface area contributed by atoms with E-state index in [1.807, 2.05) is 50.4 Å². The molecular formula is C26H29N5O. The number of piperidine rings is 1. The number of hydrogen-bond acceptors (Lipinski definition) is 6. The lowest BCUT2D eigenvalue weighted by Crippen LogP contribution is -2.39. The Morgan fingerprint density at radius 1 is 1.12 bits per heavy atom. The van der Waals surface area contributed by atoms with Crippen molar-refractivity contribution < 1.29 is 4.74 Å².